The fourth-order valence-corrected chi connectivity index (χ4v) is 3.98. The molecule has 9 heteroatoms. The number of morpholine rings is 1. The third kappa shape index (κ3) is 4.43. The van der Waals surface area contributed by atoms with Gasteiger partial charge in [-0.2, -0.15) is 4.98 Å². The van der Waals surface area contributed by atoms with Gasteiger partial charge < -0.3 is 9.26 Å². The van der Waals surface area contributed by atoms with Gasteiger partial charge in [-0.3, -0.25) is 4.90 Å². The second-order valence-corrected chi connectivity index (χ2v) is 7.70. The lowest BCUT2D eigenvalue weighted by molar-refractivity contribution is 0.0390. The summed E-state index contributed by atoms with van der Waals surface area (Å²) in [5, 5.41) is 3.84. The molecule has 0 atom stereocenters. The molecule has 0 radical (unpaired) electrons. The van der Waals surface area contributed by atoms with Crippen LogP contribution >= 0.6 is 0 Å². The van der Waals surface area contributed by atoms with E-state index in [1.165, 1.54) is 0 Å². The lowest BCUT2D eigenvalue weighted by Crippen LogP contribution is -2.41. The molecule has 1 aromatic carbocycles. The molecule has 1 aliphatic heterocycles. The minimum Gasteiger partial charge on any atom is -0.379 e. The Labute approximate surface area is 147 Å². The highest BCUT2D eigenvalue weighted by Crippen LogP contribution is 2.23. The molecular weight excluding hydrogens is 344 g/mol. The quantitative estimate of drug-likeness (QED) is 0.813. The predicted molar refractivity (Wildman–Crippen MR) is 91.7 cm³/mol. The zero-order valence-electron chi connectivity index (χ0n) is 14.4. The predicted octanol–water partition coefficient (Wildman–Crippen LogP) is 0.964. The summed E-state index contributed by atoms with van der Waals surface area (Å²) in [7, 11) is -3.61. The van der Waals surface area contributed by atoms with Crippen LogP contribution in [0.15, 0.2) is 27.6 Å². The summed E-state index contributed by atoms with van der Waals surface area (Å²) in [6.45, 7) is 7.51. The van der Waals surface area contributed by atoms with Crippen molar-refractivity contribution in [1.29, 1.82) is 0 Å². The molecule has 1 N–H and O–H groups in total. The number of ether oxygens (including phenoxy) is 1. The largest absolute Gasteiger partial charge is 0.379 e. The number of hydrogen-bond acceptors (Lipinski definition) is 7. The van der Waals surface area contributed by atoms with Crippen molar-refractivity contribution in [2.75, 3.05) is 39.4 Å². The average Bonchev–Trinajstić information content (AvgIpc) is 3.02. The molecule has 0 spiro atoms. The fraction of sp³-hybridized carbons (Fsp3) is 0.500. The molecule has 0 bridgehead atoms. The minimum atomic E-state index is -3.61. The van der Waals surface area contributed by atoms with Crippen molar-refractivity contribution in [3.05, 3.63) is 29.7 Å². The zero-order chi connectivity index (χ0) is 17.9. The van der Waals surface area contributed by atoms with Gasteiger partial charge in [0.2, 0.25) is 21.7 Å². The second-order valence-electron chi connectivity index (χ2n) is 5.97. The van der Waals surface area contributed by atoms with Crippen LogP contribution in [-0.2, 0) is 14.8 Å². The fourth-order valence-electron chi connectivity index (χ4n) is 2.69. The Bertz CT molecular complexity index is 828. The van der Waals surface area contributed by atoms with Crippen LogP contribution in [0.4, 0.5) is 0 Å². The number of aromatic nitrogens is 2. The van der Waals surface area contributed by atoms with Crippen LogP contribution in [0.2, 0.25) is 0 Å². The molecule has 0 aliphatic carbocycles. The van der Waals surface area contributed by atoms with E-state index in [1.807, 2.05) is 0 Å². The van der Waals surface area contributed by atoms with Crippen molar-refractivity contribution in [3.8, 4) is 11.4 Å². The summed E-state index contributed by atoms with van der Waals surface area (Å²) in [5.41, 5.74) is 1.28. The summed E-state index contributed by atoms with van der Waals surface area (Å²) in [6, 6.07) is 5.11. The van der Waals surface area contributed by atoms with E-state index < -0.39 is 10.0 Å². The first-order chi connectivity index (χ1) is 12.0. The summed E-state index contributed by atoms with van der Waals surface area (Å²) in [4.78, 5) is 6.55. The number of aryl methyl sites for hydroxylation is 2. The highest BCUT2D eigenvalue weighted by atomic mass is 32.2. The van der Waals surface area contributed by atoms with Gasteiger partial charge in [0.15, 0.2) is 0 Å². The summed E-state index contributed by atoms with van der Waals surface area (Å²) in [6.07, 6.45) is 0. The van der Waals surface area contributed by atoms with Crippen LogP contribution in [0.1, 0.15) is 11.5 Å². The van der Waals surface area contributed by atoms with Gasteiger partial charge in [0, 0.05) is 38.7 Å². The standard InChI is InChI=1S/C16H22N4O4S/c1-12-3-4-14(16-18-13(2)24-19-16)11-15(12)25(21,22)17-5-6-20-7-9-23-10-8-20/h3-4,11,17H,5-10H2,1-2H3. The maximum atomic E-state index is 12.7. The zero-order valence-corrected chi connectivity index (χ0v) is 15.2. The molecule has 25 heavy (non-hydrogen) atoms. The van der Waals surface area contributed by atoms with Gasteiger partial charge in [0.1, 0.15) is 0 Å². The molecule has 1 aliphatic rings. The highest BCUT2D eigenvalue weighted by molar-refractivity contribution is 7.89. The van der Waals surface area contributed by atoms with Crippen molar-refractivity contribution in [2.24, 2.45) is 0 Å². The molecule has 0 saturated carbocycles. The number of nitrogens with zero attached hydrogens (tertiary/aromatic N) is 3. The Morgan fingerprint density at radius 3 is 2.68 bits per heavy atom. The Morgan fingerprint density at radius 1 is 1.24 bits per heavy atom. The summed E-state index contributed by atoms with van der Waals surface area (Å²) < 4.78 is 38.3. The maximum absolute atomic E-state index is 12.7. The van der Waals surface area contributed by atoms with Crippen molar-refractivity contribution < 1.29 is 17.7 Å². The summed E-state index contributed by atoms with van der Waals surface area (Å²) >= 11 is 0. The van der Waals surface area contributed by atoms with E-state index >= 15 is 0 Å². The molecule has 1 aromatic heterocycles. The Kier molecular flexibility index (Phi) is 5.48. The van der Waals surface area contributed by atoms with Crippen molar-refractivity contribution in [3.63, 3.8) is 0 Å². The van der Waals surface area contributed by atoms with Crippen LogP contribution in [-0.4, -0.2) is 62.9 Å². The Morgan fingerprint density at radius 2 is 2.00 bits per heavy atom. The first-order valence-electron chi connectivity index (χ1n) is 8.17. The molecule has 136 valence electrons. The third-order valence-corrected chi connectivity index (χ3v) is 5.69. The number of sulfonamides is 1. The number of benzene rings is 1. The number of hydrogen-bond donors (Lipinski definition) is 1. The molecule has 3 rings (SSSR count). The lowest BCUT2D eigenvalue weighted by atomic mass is 10.1. The van der Waals surface area contributed by atoms with E-state index in [0.717, 1.165) is 13.1 Å². The number of rotatable bonds is 6. The van der Waals surface area contributed by atoms with Crippen molar-refractivity contribution in [1.82, 2.24) is 19.8 Å². The van der Waals surface area contributed by atoms with E-state index in [0.29, 0.717) is 49.1 Å². The average molecular weight is 366 g/mol. The van der Waals surface area contributed by atoms with E-state index in [9.17, 15) is 8.42 Å². The maximum Gasteiger partial charge on any atom is 0.240 e. The van der Waals surface area contributed by atoms with Gasteiger partial charge in [-0.05, 0) is 18.6 Å². The molecule has 0 amide bonds. The molecule has 8 nitrogen and oxygen atoms in total. The van der Waals surface area contributed by atoms with Crippen molar-refractivity contribution in [2.45, 2.75) is 18.7 Å². The molecule has 1 saturated heterocycles. The smallest absolute Gasteiger partial charge is 0.240 e. The van der Waals surface area contributed by atoms with Crippen LogP contribution in [0.25, 0.3) is 11.4 Å². The van der Waals surface area contributed by atoms with E-state index in [-0.39, 0.29) is 4.90 Å². The monoisotopic (exact) mass is 366 g/mol. The molecule has 0 unspecified atom stereocenters. The van der Waals surface area contributed by atoms with E-state index in [4.69, 9.17) is 9.26 Å². The summed E-state index contributed by atoms with van der Waals surface area (Å²) in [5.74, 6) is 0.811. The van der Waals surface area contributed by atoms with Gasteiger partial charge in [-0.25, -0.2) is 13.1 Å². The number of nitrogens with one attached hydrogen (secondary N) is 1. The highest BCUT2D eigenvalue weighted by Gasteiger charge is 2.19. The van der Waals surface area contributed by atoms with Gasteiger partial charge >= 0.3 is 0 Å². The van der Waals surface area contributed by atoms with Gasteiger partial charge in [0.05, 0.1) is 18.1 Å². The van der Waals surface area contributed by atoms with Crippen molar-refractivity contribution >= 4 is 10.0 Å². The molecule has 1 fully saturated rings. The minimum absolute atomic E-state index is 0.231. The van der Waals surface area contributed by atoms with Crippen LogP contribution in [0, 0.1) is 13.8 Å². The lowest BCUT2D eigenvalue weighted by Gasteiger charge is -2.26. The Balaban J connectivity index is 1.72. The second kappa shape index (κ2) is 7.61. The third-order valence-electron chi connectivity index (χ3n) is 4.09. The SMILES string of the molecule is Cc1nc(-c2ccc(C)c(S(=O)(=O)NCCN3CCOCC3)c2)no1. The van der Waals surface area contributed by atoms with E-state index in [2.05, 4.69) is 19.8 Å². The first kappa shape index (κ1) is 18.0. The molecular formula is C16H22N4O4S. The first-order valence-corrected chi connectivity index (χ1v) is 9.65. The van der Waals surface area contributed by atoms with E-state index in [1.54, 1.807) is 32.0 Å². The topological polar surface area (TPSA) is 97.6 Å². The normalized spacial score (nSPS) is 16.2. The van der Waals surface area contributed by atoms with Gasteiger partial charge in [0.25, 0.3) is 0 Å². The Hall–Kier alpha value is -1.81. The van der Waals surface area contributed by atoms with Crippen LogP contribution in [0.3, 0.4) is 0 Å². The van der Waals surface area contributed by atoms with Gasteiger partial charge in [-0.15, -0.1) is 0 Å². The van der Waals surface area contributed by atoms with Crippen LogP contribution < -0.4 is 4.72 Å². The molecule has 2 heterocycles. The van der Waals surface area contributed by atoms with Gasteiger partial charge in [-0.1, -0.05) is 17.3 Å². The molecule has 2 aromatic rings. The van der Waals surface area contributed by atoms with Crippen LogP contribution in [0.5, 0.6) is 0 Å².